The number of benzene rings is 3. The van der Waals surface area contributed by atoms with Gasteiger partial charge < -0.3 is 14.2 Å². The average molecular weight is 698 g/mol. The maximum atomic E-state index is 14.1. The summed E-state index contributed by atoms with van der Waals surface area (Å²) in [5.41, 5.74) is 2.41. The number of fused-ring (bicyclic) bond motifs is 1. The summed E-state index contributed by atoms with van der Waals surface area (Å²) in [5.74, 6) is -0.0406. The fourth-order valence-corrected chi connectivity index (χ4v) is 6.87. The smallest absolute Gasteiger partial charge is 0.338 e. The SMILES string of the molecule is COc1cc(/C=c2\sc3n(c2=O)[C@@H](c2ccc(SC)cc2)C(C(=O)OC(C)C)=C(C)N=3)cc(Br)c1OCc1ccccc1F. The molecule has 44 heavy (non-hydrogen) atoms. The zero-order valence-corrected chi connectivity index (χ0v) is 27.9. The first-order chi connectivity index (χ1) is 21.1. The number of halogens is 2. The maximum absolute atomic E-state index is 14.1. The molecule has 0 N–H and O–H groups in total. The van der Waals surface area contributed by atoms with Crippen LogP contribution in [0.15, 0.2) is 91.1 Å². The molecule has 1 aromatic heterocycles. The van der Waals surface area contributed by atoms with Gasteiger partial charge in [-0.2, -0.15) is 0 Å². The second kappa shape index (κ2) is 13.5. The third-order valence-electron chi connectivity index (χ3n) is 6.90. The van der Waals surface area contributed by atoms with Gasteiger partial charge in [-0.25, -0.2) is 14.2 Å². The van der Waals surface area contributed by atoms with Crippen LogP contribution in [-0.4, -0.2) is 30.0 Å². The fourth-order valence-electron chi connectivity index (χ4n) is 4.84. The van der Waals surface area contributed by atoms with Crippen LogP contribution in [0.2, 0.25) is 0 Å². The molecule has 0 unspecified atom stereocenters. The number of thiazole rings is 1. The van der Waals surface area contributed by atoms with Crippen molar-refractivity contribution in [2.75, 3.05) is 13.4 Å². The minimum atomic E-state index is -0.703. The number of esters is 1. The van der Waals surface area contributed by atoms with Crippen LogP contribution < -0.4 is 24.4 Å². The minimum absolute atomic E-state index is 0.0123. The largest absolute Gasteiger partial charge is 0.493 e. The predicted octanol–water partition coefficient (Wildman–Crippen LogP) is 6.40. The lowest BCUT2D eigenvalue weighted by Gasteiger charge is -2.25. The highest BCUT2D eigenvalue weighted by atomic mass is 79.9. The summed E-state index contributed by atoms with van der Waals surface area (Å²) in [6.45, 7) is 5.35. The Labute approximate surface area is 270 Å². The summed E-state index contributed by atoms with van der Waals surface area (Å²) in [5, 5.41) is 0. The van der Waals surface area contributed by atoms with Crippen LogP contribution in [0.5, 0.6) is 11.5 Å². The summed E-state index contributed by atoms with van der Waals surface area (Å²) in [6.07, 6.45) is 3.40. The molecular weight excluding hydrogens is 667 g/mol. The first kappa shape index (κ1) is 31.7. The standard InChI is InChI=1S/C33H30BrFN2O5S2/c1-18(2)42-32(39)28-19(3)36-33-37(29(28)21-10-12-23(43-5)13-11-21)31(38)27(44-33)16-20-14-24(34)30(26(15-20)40-4)41-17-22-8-6-7-9-25(22)35/h6-16,18,29H,17H2,1-5H3/b27-16-/t29-/m0/s1. The number of hydrogen-bond donors (Lipinski definition) is 0. The lowest BCUT2D eigenvalue weighted by molar-refractivity contribution is -0.143. The van der Waals surface area contributed by atoms with Gasteiger partial charge in [-0.15, -0.1) is 11.8 Å². The molecule has 0 spiro atoms. The molecule has 3 aromatic carbocycles. The van der Waals surface area contributed by atoms with Gasteiger partial charge in [-0.1, -0.05) is 41.7 Å². The number of allylic oxidation sites excluding steroid dienone is 1. The first-order valence-electron chi connectivity index (χ1n) is 13.7. The van der Waals surface area contributed by atoms with Gasteiger partial charge in [0.1, 0.15) is 12.4 Å². The average Bonchev–Trinajstić information content (AvgIpc) is 3.29. The molecule has 11 heteroatoms. The molecule has 5 rings (SSSR count). The lowest BCUT2D eigenvalue weighted by atomic mass is 9.96. The van der Waals surface area contributed by atoms with Gasteiger partial charge in [0, 0.05) is 10.5 Å². The summed E-state index contributed by atoms with van der Waals surface area (Å²) in [4.78, 5) is 33.6. The number of nitrogens with zero attached hydrogens (tertiary/aromatic N) is 2. The first-order valence-corrected chi connectivity index (χ1v) is 16.6. The van der Waals surface area contributed by atoms with E-state index >= 15 is 0 Å². The van der Waals surface area contributed by atoms with E-state index in [1.165, 1.54) is 24.5 Å². The van der Waals surface area contributed by atoms with Gasteiger partial charge >= 0.3 is 5.97 Å². The fraction of sp³-hybridized carbons (Fsp3) is 0.242. The van der Waals surface area contributed by atoms with Crippen LogP contribution in [-0.2, 0) is 16.1 Å². The number of aromatic nitrogens is 1. The van der Waals surface area contributed by atoms with E-state index in [4.69, 9.17) is 14.2 Å². The molecule has 2 heterocycles. The zero-order chi connectivity index (χ0) is 31.5. The third-order valence-corrected chi connectivity index (χ3v) is 9.21. The van der Waals surface area contributed by atoms with Crippen LogP contribution in [0.1, 0.15) is 43.5 Å². The van der Waals surface area contributed by atoms with Crippen LogP contribution in [0, 0.1) is 5.82 Å². The normalized spacial score (nSPS) is 14.8. The Bertz CT molecular complexity index is 1930. The molecule has 0 radical (unpaired) electrons. The maximum Gasteiger partial charge on any atom is 0.338 e. The Balaban J connectivity index is 1.58. The van der Waals surface area contributed by atoms with Crippen molar-refractivity contribution in [1.82, 2.24) is 4.57 Å². The highest BCUT2D eigenvalue weighted by molar-refractivity contribution is 9.10. The molecule has 0 bridgehead atoms. The van der Waals surface area contributed by atoms with Crippen molar-refractivity contribution in [2.45, 2.75) is 44.4 Å². The molecule has 1 aliphatic rings. The minimum Gasteiger partial charge on any atom is -0.493 e. The number of carbonyl (C=O) groups is 1. The highest BCUT2D eigenvalue weighted by Gasteiger charge is 2.33. The van der Waals surface area contributed by atoms with Crippen LogP contribution in [0.25, 0.3) is 6.08 Å². The molecule has 0 saturated carbocycles. The third kappa shape index (κ3) is 6.55. The van der Waals surface area contributed by atoms with Crippen molar-refractivity contribution in [3.05, 3.63) is 119 Å². The summed E-state index contributed by atoms with van der Waals surface area (Å²) >= 11 is 6.39. The van der Waals surface area contributed by atoms with E-state index in [2.05, 4.69) is 20.9 Å². The molecule has 7 nitrogen and oxygen atoms in total. The van der Waals surface area contributed by atoms with Crippen molar-refractivity contribution in [1.29, 1.82) is 0 Å². The van der Waals surface area contributed by atoms with Crippen molar-refractivity contribution in [3.8, 4) is 11.5 Å². The second-order valence-corrected chi connectivity index (χ2v) is 13.0. The van der Waals surface area contributed by atoms with E-state index < -0.39 is 12.0 Å². The van der Waals surface area contributed by atoms with E-state index in [0.29, 0.717) is 47.7 Å². The van der Waals surface area contributed by atoms with Crippen molar-refractivity contribution >= 4 is 51.1 Å². The van der Waals surface area contributed by atoms with Crippen molar-refractivity contribution in [3.63, 3.8) is 0 Å². The van der Waals surface area contributed by atoms with Gasteiger partial charge in [0.05, 0.1) is 39.5 Å². The van der Waals surface area contributed by atoms with Crippen LogP contribution >= 0.6 is 39.0 Å². The van der Waals surface area contributed by atoms with E-state index in [1.807, 2.05) is 30.5 Å². The Kier molecular flexibility index (Phi) is 9.77. The number of methoxy groups -OCH3 is 1. The zero-order valence-electron chi connectivity index (χ0n) is 24.7. The van der Waals surface area contributed by atoms with E-state index in [9.17, 15) is 14.0 Å². The van der Waals surface area contributed by atoms with Gasteiger partial charge in [0.25, 0.3) is 5.56 Å². The molecule has 0 saturated heterocycles. The lowest BCUT2D eigenvalue weighted by Crippen LogP contribution is -2.40. The Morgan fingerprint density at radius 2 is 1.91 bits per heavy atom. The molecule has 4 aromatic rings. The monoisotopic (exact) mass is 696 g/mol. The molecule has 0 amide bonds. The number of carbonyl (C=O) groups excluding carboxylic acids is 1. The molecule has 1 atom stereocenters. The highest BCUT2D eigenvalue weighted by Crippen LogP contribution is 2.38. The second-order valence-electron chi connectivity index (χ2n) is 10.2. The summed E-state index contributed by atoms with van der Waals surface area (Å²) in [6, 6.07) is 17.0. The van der Waals surface area contributed by atoms with Gasteiger partial charge in [-0.05, 0) is 90.5 Å². The van der Waals surface area contributed by atoms with Crippen molar-refractivity contribution in [2.24, 2.45) is 4.99 Å². The summed E-state index contributed by atoms with van der Waals surface area (Å²) < 4.78 is 33.8. The van der Waals surface area contributed by atoms with E-state index in [1.54, 1.807) is 73.5 Å². The molecule has 0 aliphatic carbocycles. The number of ether oxygens (including phenoxy) is 3. The Hall–Kier alpha value is -3.67. The molecule has 0 fully saturated rings. The van der Waals surface area contributed by atoms with Crippen molar-refractivity contribution < 1.29 is 23.4 Å². The van der Waals surface area contributed by atoms with E-state index in [-0.39, 0.29) is 24.1 Å². The number of thioether (sulfide) groups is 1. The molecule has 1 aliphatic heterocycles. The molecular formula is C33H30BrFN2O5S2. The predicted molar refractivity (Wildman–Crippen MR) is 175 cm³/mol. The van der Waals surface area contributed by atoms with Gasteiger partial charge in [-0.3, -0.25) is 9.36 Å². The summed E-state index contributed by atoms with van der Waals surface area (Å²) in [7, 11) is 1.51. The Morgan fingerprint density at radius 3 is 2.57 bits per heavy atom. The number of rotatable bonds is 9. The van der Waals surface area contributed by atoms with Crippen LogP contribution in [0.3, 0.4) is 0 Å². The van der Waals surface area contributed by atoms with E-state index in [0.717, 1.165) is 10.5 Å². The van der Waals surface area contributed by atoms with Gasteiger partial charge in [0.2, 0.25) is 0 Å². The van der Waals surface area contributed by atoms with Gasteiger partial charge in [0.15, 0.2) is 16.3 Å². The Morgan fingerprint density at radius 1 is 1.18 bits per heavy atom. The number of hydrogen-bond acceptors (Lipinski definition) is 8. The topological polar surface area (TPSA) is 79.1 Å². The van der Waals surface area contributed by atoms with Crippen LogP contribution in [0.4, 0.5) is 4.39 Å². The quantitative estimate of drug-likeness (QED) is 0.149. The molecule has 228 valence electrons.